The average molecular weight is 343 g/mol. The fraction of sp³-hybridized carbons (Fsp3) is 0.294. The number of carbonyl (C=O) groups excluding carboxylic acids is 1. The van der Waals surface area contributed by atoms with E-state index in [1.807, 2.05) is 31.6 Å². The van der Waals surface area contributed by atoms with Gasteiger partial charge in [-0.2, -0.15) is 5.10 Å². The summed E-state index contributed by atoms with van der Waals surface area (Å²) in [4.78, 5) is 15.0. The van der Waals surface area contributed by atoms with E-state index in [1.54, 1.807) is 27.4 Å². The third kappa shape index (κ3) is 2.96. The molecule has 0 unspecified atom stereocenters. The first-order chi connectivity index (χ1) is 11.2. The smallest absolute Gasteiger partial charge is 0.224 e. The van der Waals surface area contributed by atoms with Crippen molar-refractivity contribution in [2.75, 3.05) is 0 Å². The molecule has 1 amide bonds. The summed E-state index contributed by atoms with van der Waals surface area (Å²) in [6.45, 7) is 0. The lowest BCUT2D eigenvalue weighted by atomic mass is 10.1. The molecule has 3 heterocycles. The highest BCUT2D eigenvalue weighted by Gasteiger charge is 2.45. The van der Waals surface area contributed by atoms with Crippen molar-refractivity contribution in [3.63, 3.8) is 0 Å². The quantitative estimate of drug-likeness (QED) is 0.770. The van der Waals surface area contributed by atoms with E-state index in [2.05, 4.69) is 33.3 Å². The molecular formula is C17H17N3OS2. The number of nitrogens with zero attached hydrogens (tertiary/aromatic N) is 2. The highest BCUT2D eigenvalue weighted by atomic mass is 32.1. The summed E-state index contributed by atoms with van der Waals surface area (Å²) < 4.78 is 1.79. The predicted octanol–water partition coefficient (Wildman–Crippen LogP) is 3.55. The fourth-order valence-electron chi connectivity index (χ4n) is 2.93. The maximum absolute atomic E-state index is 12.7. The van der Waals surface area contributed by atoms with Gasteiger partial charge in [-0.1, -0.05) is 12.1 Å². The molecule has 1 aliphatic carbocycles. The van der Waals surface area contributed by atoms with E-state index in [1.165, 1.54) is 9.75 Å². The molecule has 3 aromatic heterocycles. The van der Waals surface area contributed by atoms with Crippen molar-refractivity contribution in [2.24, 2.45) is 13.0 Å². The van der Waals surface area contributed by atoms with Crippen LogP contribution in [0.1, 0.15) is 33.7 Å². The molecule has 2 atom stereocenters. The fourth-order valence-corrected chi connectivity index (χ4v) is 4.59. The van der Waals surface area contributed by atoms with E-state index >= 15 is 0 Å². The van der Waals surface area contributed by atoms with Gasteiger partial charge in [-0.3, -0.25) is 9.48 Å². The van der Waals surface area contributed by atoms with Crippen LogP contribution in [0.4, 0.5) is 0 Å². The van der Waals surface area contributed by atoms with Crippen molar-refractivity contribution in [2.45, 2.75) is 18.4 Å². The summed E-state index contributed by atoms with van der Waals surface area (Å²) >= 11 is 3.36. The summed E-state index contributed by atoms with van der Waals surface area (Å²) in [5, 5.41) is 11.6. The largest absolute Gasteiger partial charge is 0.343 e. The molecule has 0 radical (unpaired) electrons. The molecule has 1 fully saturated rings. The lowest BCUT2D eigenvalue weighted by Crippen LogP contribution is -2.29. The Morgan fingerprint density at radius 3 is 2.52 bits per heavy atom. The molecule has 4 nitrogen and oxygen atoms in total. The Bertz CT molecular complexity index is 758. The van der Waals surface area contributed by atoms with Gasteiger partial charge < -0.3 is 5.32 Å². The lowest BCUT2D eigenvalue weighted by molar-refractivity contribution is -0.122. The Kier molecular flexibility index (Phi) is 3.79. The number of hydrogen-bond acceptors (Lipinski definition) is 4. The van der Waals surface area contributed by atoms with E-state index < -0.39 is 0 Å². The monoisotopic (exact) mass is 343 g/mol. The molecule has 1 N–H and O–H groups in total. The molecule has 1 saturated carbocycles. The zero-order valence-electron chi connectivity index (χ0n) is 12.7. The van der Waals surface area contributed by atoms with Gasteiger partial charge in [0.2, 0.25) is 5.91 Å². The normalized spacial score (nSPS) is 19.9. The van der Waals surface area contributed by atoms with Crippen molar-refractivity contribution >= 4 is 28.6 Å². The number of amides is 1. The van der Waals surface area contributed by atoms with Crippen molar-refractivity contribution < 1.29 is 4.79 Å². The Labute approximate surface area is 142 Å². The summed E-state index contributed by atoms with van der Waals surface area (Å²) in [6, 6.07) is 8.20. The van der Waals surface area contributed by atoms with E-state index in [0.717, 1.165) is 12.0 Å². The topological polar surface area (TPSA) is 46.9 Å². The minimum Gasteiger partial charge on any atom is -0.343 e. The first-order valence-electron chi connectivity index (χ1n) is 7.58. The van der Waals surface area contributed by atoms with Gasteiger partial charge in [0.15, 0.2) is 0 Å². The van der Waals surface area contributed by atoms with Crippen LogP contribution in [-0.4, -0.2) is 15.7 Å². The molecule has 0 saturated heterocycles. The number of aromatic nitrogens is 2. The predicted molar refractivity (Wildman–Crippen MR) is 92.7 cm³/mol. The van der Waals surface area contributed by atoms with Crippen LogP contribution < -0.4 is 5.32 Å². The van der Waals surface area contributed by atoms with Crippen LogP contribution in [0.2, 0.25) is 0 Å². The SMILES string of the molecule is Cn1cc([C@H]2C[C@@H]2C(=O)NC(c2cccs2)c2cccs2)cn1. The van der Waals surface area contributed by atoms with Gasteiger partial charge in [0, 0.05) is 28.9 Å². The molecule has 0 aliphatic heterocycles. The van der Waals surface area contributed by atoms with Crippen LogP contribution in [0.5, 0.6) is 0 Å². The van der Waals surface area contributed by atoms with Crippen LogP contribution in [0.25, 0.3) is 0 Å². The summed E-state index contributed by atoms with van der Waals surface area (Å²) in [5.74, 6) is 0.531. The third-order valence-electron chi connectivity index (χ3n) is 4.22. The number of nitrogens with one attached hydrogen (secondary N) is 1. The minimum absolute atomic E-state index is 0.0300. The molecule has 0 aromatic carbocycles. The summed E-state index contributed by atoms with van der Waals surface area (Å²) in [6.07, 6.45) is 4.79. The van der Waals surface area contributed by atoms with Crippen molar-refractivity contribution in [3.8, 4) is 0 Å². The molecule has 4 rings (SSSR count). The van der Waals surface area contributed by atoms with Crippen LogP contribution in [0.3, 0.4) is 0 Å². The Morgan fingerprint density at radius 1 is 1.30 bits per heavy atom. The van der Waals surface area contributed by atoms with Gasteiger partial charge in [-0.05, 0) is 40.8 Å². The van der Waals surface area contributed by atoms with Crippen LogP contribution >= 0.6 is 22.7 Å². The highest BCUT2D eigenvalue weighted by molar-refractivity contribution is 7.11. The molecule has 23 heavy (non-hydrogen) atoms. The van der Waals surface area contributed by atoms with Gasteiger partial charge in [-0.15, -0.1) is 22.7 Å². The standard InChI is InChI=1S/C17H17N3OS2/c1-20-10-11(9-18-20)12-8-13(12)17(21)19-16(14-4-2-6-22-14)15-5-3-7-23-15/h2-7,9-10,12-13,16H,8H2,1H3,(H,19,21)/t12-,13+/m1/s1. The van der Waals surface area contributed by atoms with E-state index in [-0.39, 0.29) is 17.9 Å². The van der Waals surface area contributed by atoms with Crippen LogP contribution in [0, 0.1) is 5.92 Å². The molecule has 118 valence electrons. The Hall–Kier alpha value is -1.92. The first kappa shape index (κ1) is 14.7. The van der Waals surface area contributed by atoms with Gasteiger partial charge in [-0.25, -0.2) is 0 Å². The highest BCUT2D eigenvalue weighted by Crippen LogP contribution is 2.47. The van der Waals surface area contributed by atoms with Crippen LogP contribution in [-0.2, 0) is 11.8 Å². The molecule has 0 spiro atoms. The number of rotatable bonds is 5. The third-order valence-corrected chi connectivity index (χ3v) is 6.10. The zero-order valence-corrected chi connectivity index (χ0v) is 14.3. The molecule has 0 bridgehead atoms. The molecular weight excluding hydrogens is 326 g/mol. The maximum atomic E-state index is 12.7. The van der Waals surface area contributed by atoms with Crippen molar-refractivity contribution in [1.29, 1.82) is 0 Å². The van der Waals surface area contributed by atoms with Gasteiger partial charge in [0.1, 0.15) is 0 Å². The molecule has 3 aromatic rings. The molecule has 6 heteroatoms. The van der Waals surface area contributed by atoms with Crippen molar-refractivity contribution in [1.82, 2.24) is 15.1 Å². The Balaban J connectivity index is 1.49. The number of thiophene rings is 2. The first-order valence-corrected chi connectivity index (χ1v) is 9.34. The van der Waals surface area contributed by atoms with E-state index in [9.17, 15) is 4.79 Å². The average Bonchev–Trinajstić information content (AvgIpc) is 3.01. The lowest BCUT2D eigenvalue weighted by Gasteiger charge is -2.16. The summed E-state index contributed by atoms with van der Waals surface area (Å²) in [5.41, 5.74) is 1.16. The van der Waals surface area contributed by atoms with Gasteiger partial charge in [0.05, 0.1) is 12.2 Å². The second-order valence-electron chi connectivity index (χ2n) is 5.87. The number of hydrogen-bond donors (Lipinski definition) is 1. The van der Waals surface area contributed by atoms with Crippen LogP contribution in [0.15, 0.2) is 47.4 Å². The van der Waals surface area contributed by atoms with Gasteiger partial charge >= 0.3 is 0 Å². The maximum Gasteiger partial charge on any atom is 0.224 e. The minimum atomic E-state index is -0.0300. The van der Waals surface area contributed by atoms with Gasteiger partial charge in [0.25, 0.3) is 0 Å². The summed E-state index contributed by atoms with van der Waals surface area (Å²) in [7, 11) is 1.91. The number of carbonyl (C=O) groups is 1. The van der Waals surface area contributed by atoms with E-state index in [4.69, 9.17) is 0 Å². The zero-order chi connectivity index (χ0) is 15.8. The number of aryl methyl sites for hydroxylation is 1. The van der Waals surface area contributed by atoms with E-state index in [0.29, 0.717) is 5.92 Å². The van der Waals surface area contributed by atoms with Crippen molar-refractivity contribution in [3.05, 3.63) is 62.7 Å². The second kappa shape index (κ2) is 5.94. The Morgan fingerprint density at radius 2 is 2.00 bits per heavy atom. The second-order valence-corrected chi connectivity index (χ2v) is 7.83. The molecule has 1 aliphatic rings.